The predicted octanol–water partition coefficient (Wildman–Crippen LogP) is 2.96. The molecule has 3 atom stereocenters. The van der Waals surface area contributed by atoms with Crippen molar-refractivity contribution in [2.24, 2.45) is 11.7 Å². The summed E-state index contributed by atoms with van der Waals surface area (Å²) in [6, 6.07) is 16.4. The minimum absolute atomic E-state index is 0.00335. The second-order valence-corrected chi connectivity index (χ2v) is 8.32. The molecule has 0 aliphatic heterocycles. The van der Waals surface area contributed by atoms with Crippen molar-refractivity contribution in [2.45, 2.75) is 16.1 Å². The molecule has 0 aromatic heterocycles. The van der Waals surface area contributed by atoms with E-state index in [9.17, 15) is 8.42 Å². The number of nitrogens with two attached hydrogens (primary N) is 1. The first kappa shape index (κ1) is 14.8. The zero-order valence-corrected chi connectivity index (χ0v) is 13.7. The third-order valence-corrected chi connectivity index (χ3v) is 6.87. The van der Waals surface area contributed by atoms with Crippen LogP contribution in [0.4, 0.5) is 0 Å². The lowest BCUT2D eigenvalue weighted by atomic mass is 10.1. The molecule has 0 bridgehead atoms. The van der Waals surface area contributed by atoms with E-state index in [2.05, 4.69) is 15.9 Å². The Balaban J connectivity index is 1.94. The van der Waals surface area contributed by atoms with Gasteiger partial charge in [0.15, 0.2) is 9.84 Å². The van der Waals surface area contributed by atoms with E-state index in [1.165, 1.54) is 0 Å². The minimum Gasteiger partial charge on any atom is -0.330 e. The highest BCUT2D eigenvalue weighted by Gasteiger charge is 2.57. The Morgan fingerprint density at radius 1 is 1.00 bits per heavy atom. The summed E-state index contributed by atoms with van der Waals surface area (Å²) in [4.78, 5) is 0.382. The molecule has 3 rings (SSSR count). The van der Waals surface area contributed by atoms with E-state index in [0.717, 1.165) is 10.0 Å². The van der Waals surface area contributed by atoms with Gasteiger partial charge in [-0.15, -0.1) is 0 Å². The predicted molar refractivity (Wildman–Crippen MR) is 86.8 cm³/mol. The molecular weight excluding hydrogens is 350 g/mol. The number of rotatable bonds is 4. The molecule has 3 nitrogen and oxygen atoms in total. The van der Waals surface area contributed by atoms with Crippen molar-refractivity contribution in [3.63, 3.8) is 0 Å². The van der Waals surface area contributed by atoms with E-state index in [-0.39, 0.29) is 11.8 Å². The Labute approximate surface area is 133 Å². The molecule has 110 valence electrons. The Kier molecular flexibility index (Phi) is 3.90. The highest BCUT2D eigenvalue weighted by molar-refractivity contribution is 9.10. The number of hydrogen-bond donors (Lipinski definition) is 1. The summed E-state index contributed by atoms with van der Waals surface area (Å²) in [5.74, 6) is -0.00955. The standard InChI is InChI=1S/C16H16BrNO2S/c17-12-8-6-11(7-9-12)15-14(10-18)16(15)21(19,20)13-4-2-1-3-5-13/h1-9,14-16H,10,18H2/t14-,15+,16+/m0/s1. The van der Waals surface area contributed by atoms with Crippen LogP contribution in [0.3, 0.4) is 0 Å². The average molecular weight is 366 g/mol. The lowest BCUT2D eigenvalue weighted by Crippen LogP contribution is -2.13. The summed E-state index contributed by atoms with van der Waals surface area (Å²) in [6.45, 7) is 0.386. The molecule has 0 amide bonds. The summed E-state index contributed by atoms with van der Waals surface area (Å²) >= 11 is 3.40. The molecule has 2 aromatic carbocycles. The van der Waals surface area contributed by atoms with Crippen LogP contribution in [0.25, 0.3) is 0 Å². The maximum atomic E-state index is 12.7. The molecule has 5 heteroatoms. The van der Waals surface area contributed by atoms with Crippen LogP contribution >= 0.6 is 15.9 Å². The molecule has 2 aromatic rings. The van der Waals surface area contributed by atoms with Gasteiger partial charge in [-0.05, 0) is 42.3 Å². The first-order valence-electron chi connectivity index (χ1n) is 6.80. The molecule has 0 unspecified atom stereocenters. The Hall–Kier alpha value is -1.17. The zero-order chi connectivity index (χ0) is 15.0. The van der Waals surface area contributed by atoms with Gasteiger partial charge in [-0.2, -0.15) is 0 Å². The van der Waals surface area contributed by atoms with Gasteiger partial charge in [0, 0.05) is 10.4 Å². The van der Waals surface area contributed by atoms with Crippen molar-refractivity contribution >= 4 is 25.8 Å². The summed E-state index contributed by atoms with van der Waals surface area (Å²) in [6.07, 6.45) is 0. The van der Waals surface area contributed by atoms with Gasteiger partial charge in [0.05, 0.1) is 10.1 Å². The first-order valence-corrected chi connectivity index (χ1v) is 9.14. The van der Waals surface area contributed by atoms with Gasteiger partial charge in [0.25, 0.3) is 0 Å². The van der Waals surface area contributed by atoms with Crippen LogP contribution in [-0.2, 0) is 9.84 Å². The number of halogens is 1. The Morgan fingerprint density at radius 3 is 2.19 bits per heavy atom. The zero-order valence-electron chi connectivity index (χ0n) is 11.3. The fourth-order valence-electron chi connectivity index (χ4n) is 2.94. The lowest BCUT2D eigenvalue weighted by Gasteiger charge is -2.04. The van der Waals surface area contributed by atoms with Crippen molar-refractivity contribution in [3.8, 4) is 0 Å². The van der Waals surface area contributed by atoms with Crippen LogP contribution in [-0.4, -0.2) is 20.2 Å². The van der Waals surface area contributed by atoms with Crippen molar-refractivity contribution < 1.29 is 8.42 Å². The molecule has 0 radical (unpaired) electrons. The average Bonchev–Trinajstić information content (AvgIpc) is 3.24. The molecule has 21 heavy (non-hydrogen) atoms. The summed E-state index contributed by atoms with van der Waals surface area (Å²) in [7, 11) is -3.33. The molecule has 1 fully saturated rings. The number of sulfone groups is 1. The second kappa shape index (κ2) is 5.55. The van der Waals surface area contributed by atoms with E-state index >= 15 is 0 Å². The van der Waals surface area contributed by atoms with Crippen molar-refractivity contribution in [3.05, 3.63) is 64.6 Å². The van der Waals surface area contributed by atoms with Crippen molar-refractivity contribution in [1.29, 1.82) is 0 Å². The third kappa shape index (κ3) is 2.65. The first-order chi connectivity index (χ1) is 10.1. The highest BCUT2D eigenvalue weighted by atomic mass is 79.9. The van der Waals surface area contributed by atoms with Gasteiger partial charge >= 0.3 is 0 Å². The number of benzene rings is 2. The van der Waals surface area contributed by atoms with Crippen molar-refractivity contribution in [1.82, 2.24) is 0 Å². The van der Waals surface area contributed by atoms with E-state index < -0.39 is 15.1 Å². The lowest BCUT2D eigenvalue weighted by molar-refractivity contribution is 0.591. The maximum absolute atomic E-state index is 12.7. The smallest absolute Gasteiger partial charge is 0.182 e. The van der Waals surface area contributed by atoms with Crippen LogP contribution in [0.15, 0.2) is 64.0 Å². The Bertz CT molecular complexity index is 729. The van der Waals surface area contributed by atoms with E-state index in [0.29, 0.717) is 11.4 Å². The molecular formula is C16H16BrNO2S. The van der Waals surface area contributed by atoms with Gasteiger partial charge in [-0.25, -0.2) is 8.42 Å². The highest BCUT2D eigenvalue weighted by Crippen LogP contribution is 2.53. The third-order valence-electron chi connectivity index (χ3n) is 4.05. The van der Waals surface area contributed by atoms with Crippen LogP contribution in [0.1, 0.15) is 11.5 Å². The second-order valence-electron chi connectivity index (χ2n) is 5.30. The van der Waals surface area contributed by atoms with Crippen molar-refractivity contribution in [2.75, 3.05) is 6.54 Å². The summed E-state index contributed by atoms with van der Waals surface area (Å²) < 4.78 is 26.5. The SMILES string of the molecule is NC[C@H]1[C@@H](c2ccc(Br)cc2)[C@@H]1S(=O)(=O)c1ccccc1. The maximum Gasteiger partial charge on any atom is 0.182 e. The summed E-state index contributed by atoms with van der Waals surface area (Å²) in [5.41, 5.74) is 6.82. The fourth-order valence-corrected chi connectivity index (χ4v) is 5.45. The molecule has 2 N–H and O–H groups in total. The van der Waals surface area contributed by atoms with Crippen LogP contribution in [0.5, 0.6) is 0 Å². The van der Waals surface area contributed by atoms with Gasteiger partial charge in [0.2, 0.25) is 0 Å². The van der Waals surface area contributed by atoms with Crippen LogP contribution in [0, 0.1) is 5.92 Å². The van der Waals surface area contributed by atoms with E-state index in [4.69, 9.17) is 5.73 Å². The molecule has 0 saturated heterocycles. The van der Waals surface area contributed by atoms with Crippen LogP contribution < -0.4 is 5.73 Å². The molecule has 0 spiro atoms. The monoisotopic (exact) mass is 365 g/mol. The quantitative estimate of drug-likeness (QED) is 0.905. The largest absolute Gasteiger partial charge is 0.330 e. The molecule has 0 heterocycles. The van der Waals surface area contributed by atoms with E-state index in [1.807, 2.05) is 30.3 Å². The molecule has 1 aliphatic rings. The minimum atomic E-state index is -3.33. The van der Waals surface area contributed by atoms with Gasteiger partial charge in [-0.3, -0.25) is 0 Å². The van der Waals surface area contributed by atoms with Crippen LogP contribution in [0.2, 0.25) is 0 Å². The molecule has 1 saturated carbocycles. The fraction of sp³-hybridized carbons (Fsp3) is 0.250. The van der Waals surface area contributed by atoms with Gasteiger partial charge in [0.1, 0.15) is 0 Å². The van der Waals surface area contributed by atoms with Gasteiger partial charge in [-0.1, -0.05) is 46.3 Å². The summed E-state index contributed by atoms with van der Waals surface area (Å²) in [5, 5.41) is -0.411. The number of hydrogen-bond acceptors (Lipinski definition) is 3. The topological polar surface area (TPSA) is 60.2 Å². The molecule has 1 aliphatic carbocycles. The normalized spacial score (nSPS) is 24.8. The van der Waals surface area contributed by atoms with Gasteiger partial charge < -0.3 is 5.73 Å². The van der Waals surface area contributed by atoms with E-state index in [1.54, 1.807) is 24.3 Å². The Morgan fingerprint density at radius 2 is 1.62 bits per heavy atom.